The fourth-order valence-corrected chi connectivity index (χ4v) is 3.71. The van der Waals surface area contributed by atoms with Crippen molar-refractivity contribution in [3.8, 4) is 11.5 Å². The number of nitrogens with two attached hydrogens (primary N) is 1. The van der Waals surface area contributed by atoms with Crippen molar-refractivity contribution in [3.05, 3.63) is 95.2 Å². The standard InChI is InChI=1S/C25H25N3O2/c1-29-19-11-7-17(8-12-19)15-23-21-5-3-4-6-22(21)24(27-25(23)28-26)16-18-9-13-20(30-2)14-10-18/h3-14H,15-16,26H2,1-2H3,(H,27,28). The maximum atomic E-state index is 5.89. The third kappa shape index (κ3) is 4.07. The highest BCUT2D eigenvalue weighted by Gasteiger charge is 2.14. The predicted molar refractivity (Wildman–Crippen MR) is 121 cm³/mol. The molecule has 0 radical (unpaired) electrons. The molecule has 5 nitrogen and oxygen atoms in total. The van der Waals surface area contributed by atoms with Crippen LogP contribution in [0.3, 0.4) is 0 Å². The van der Waals surface area contributed by atoms with Crippen LogP contribution in [-0.4, -0.2) is 19.2 Å². The van der Waals surface area contributed by atoms with E-state index in [1.165, 1.54) is 11.1 Å². The van der Waals surface area contributed by atoms with E-state index in [1.54, 1.807) is 14.2 Å². The molecule has 152 valence electrons. The van der Waals surface area contributed by atoms with Crippen LogP contribution in [0, 0.1) is 0 Å². The number of rotatable bonds is 7. The molecule has 0 spiro atoms. The van der Waals surface area contributed by atoms with Crippen molar-refractivity contribution in [3.63, 3.8) is 0 Å². The monoisotopic (exact) mass is 399 g/mol. The van der Waals surface area contributed by atoms with Gasteiger partial charge in [-0.2, -0.15) is 0 Å². The van der Waals surface area contributed by atoms with Gasteiger partial charge in [0.2, 0.25) is 0 Å². The Kier molecular flexibility index (Phi) is 5.82. The molecular formula is C25H25N3O2. The summed E-state index contributed by atoms with van der Waals surface area (Å²) in [5, 5.41) is 2.29. The Morgan fingerprint density at radius 1 is 0.733 bits per heavy atom. The summed E-state index contributed by atoms with van der Waals surface area (Å²) >= 11 is 0. The molecule has 3 aromatic carbocycles. The Morgan fingerprint density at radius 3 is 1.80 bits per heavy atom. The second-order valence-corrected chi connectivity index (χ2v) is 7.13. The molecule has 0 saturated carbocycles. The van der Waals surface area contributed by atoms with Gasteiger partial charge in [0, 0.05) is 23.8 Å². The molecule has 5 heteroatoms. The molecule has 0 saturated heterocycles. The number of benzene rings is 3. The molecule has 0 fully saturated rings. The molecule has 1 aromatic heterocycles. The molecule has 4 aromatic rings. The second kappa shape index (κ2) is 8.84. The van der Waals surface area contributed by atoms with Gasteiger partial charge in [0.05, 0.1) is 19.9 Å². The van der Waals surface area contributed by atoms with Crippen LogP contribution in [-0.2, 0) is 12.8 Å². The molecule has 0 unspecified atom stereocenters. The van der Waals surface area contributed by atoms with Crippen molar-refractivity contribution in [2.75, 3.05) is 19.6 Å². The van der Waals surface area contributed by atoms with Crippen molar-refractivity contribution < 1.29 is 9.47 Å². The quantitative estimate of drug-likeness (QED) is 0.348. The molecular weight excluding hydrogens is 374 g/mol. The molecule has 0 atom stereocenters. The van der Waals surface area contributed by atoms with Gasteiger partial charge in [-0.3, -0.25) is 0 Å². The van der Waals surface area contributed by atoms with Crippen LogP contribution >= 0.6 is 0 Å². The number of pyridine rings is 1. The lowest BCUT2D eigenvalue weighted by molar-refractivity contribution is 0.414. The SMILES string of the molecule is COc1ccc(Cc2nc(NN)c(Cc3ccc(OC)cc3)c3ccccc23)cc1. The van der Waals surface area contributed by atoms with E-state index in [9.17, 15) is 0 Å². The van der Waals surface area contributed by atoms with E-state index in [1.807, 2.05) is 30.3 Å². The number of hydrogen-bond acceptors (Lipinski definition) is 5. The minimum absolute atomic E-state index is 0.702. The lowest BCUT2D eigenvalue weighted by Crippen LogP contribution is -2.13. The second-order valence-electron chi connectivity index (χ2n) is 7.13. The topological polar surface area (TPSA) is 69.4 Å². The zero-order chi connectivity index (χ0) is 20.9. The first kappa shape index (κ1) is 19.7. The summed E-state index contributed by atoms with van der Waals surface area (Å²) in [4.78, 5) is 4.90. The zero-order valence-electron chi connectivity index (χ0n) is 17.2. The van der Waals surface area contributed by atoms with E-state index in [-0.39, 0.29) is 0 Å². The highest BCUT2D eigenvalue weighted by Crippen LogP contribution is 2.30. The number of ether oxygens (including phenoxy) is 2. The van der Waals surface area contributed by atoms with E-state index in [4.69, 9.17) is 20.3 Å². The summed E-state index contributed by atoms with van der Waals surface area (Å²) in [5.41, 5.74) is 7.22. The summed E-state index contributed by atoms with van der Waals surface area (Å²) in [6, 6.07) is 24.5. The summed E-state index contributed by atoms with van der Waals surface area (Å²) in [7, 11) is 3.34. The number of aromatic nitrogens is 1. The van der Waals surface area contributed by atoms with Crippen molar-refractivity contribution in [2.45, 2.75) is 12.8 Å². The molecule has 0 bridgehead atoms. The van der Waals surface area contributed by atoms with E-state index in [0.717, 1.165) is 39.9 Å². The van der Waals surface area contributed by atoms with Gasteiger partial charge >= 0.3 is 0 Å². The minimum atomic E-state index is 0.702. The van der Waals surface area contributed by atoms with E-state index in [2.05, 4.69) is 47.9 Å². The molecule has 30 heavy (non-hydrogen) atoms. The van der Waals surface area contributed by atoms with Crippen LogP contribution in [0.2, 0.25) is 0 Å². The van der Waals surface area contributed by atoms with Gasteiger partial charge in [0.1, 0.15) is 17.3 Å². The van der Waals surface area contributed by atoms with E-state index < -0.39 is 0 Å². The number of hydrogen-bond donors (Lipinski definition) is 2. The van der Waals surface area contributed by atoms with Crippen LogP contribution in [0.25, 0.3) is 10.8 Å². The zero-order valence-corrected chi connectivity index (χ0v) is 17.2. The first-order valence-electron chi connectivity index (χ1n) is 9.84. The van der Waals surface area contributed by atoms with Gasteiger partial charge in [-0.25, -0.2) is 10.8 Å². The molecule has 4 rings (SSSR count). The van der Waals surface area contributed by atoms with Crippen molar-refractivity contribution in [1.82, 2.24) is 4.98 Å². The third-order valence-electron chi connectivity index (χ3n) is 5.30. The Bertz CT molecular complexity index is 1140. The van der Waals surface area contributed by atoms with Gasteiger partial charge < -0.3 is 14.9 Å². The predicted octanol–water partition coefficient (Wildman–Crippen LogP) is 4.72. The molecule has 0 aliphatic rings. The van der Waals surface area contributed by atoms with E-state index >= 15 is 0 Å². The molecule has 0 amide bonds. The van der Waals surface area contributed by atoms with Gasteiger partial charge in [-0.15, -0.1) is 0 Å². The Balaban J connectivity index is 1.75. The summed E-state index contributed by atoms with van der Waals surface area (Å²) in [6.45, 7) is 0. The lowest BCUT2D eigenvalue weighted by Gasteiger charge is -2.16. The van der Waals surface area contributed by atoms with Gasteiger partial charge in [-0.05, 0) is 40.8 Å². The maximum absolute atomic E-state index is 5.89. The van der Waals surface area contributed by atoms with Crippen molar-refractivity contribution in [2.24, 2.45) is 5.84 Å². The number of fused-ring (bicyclic) bond motifs is 1. The largest absolute Gasteiger partial charge is 0.497 e. The normalized spacial score (nSPS) is 10.8. The van der Waals surface area contributed by atoms with Crippen molar-refractivity contribution >= 4 is 16.6 Å². The summed E-state index contributed by atoms with van der Waals surface area (Å²) in [5.74, 6) is 8.28. The molecule has 1 heterocycles. The summed E-state index contributed by atoms with van der Waals surface area (Å²) < 4.78 is 10.5. The van der Waals surface area contributed by atoms with Crippen molar-refractivity contribution in [1.29, 1.82) is 0 Å². The smallest absolute Gasteiger partial charge is 0.144 e. The van der Waals surface area contributed by atoms with Crippen LogP contribution in [0.4, 0.5) is 5.82 Å². The third-order valence-corrected chi connectivity index (χ3v) is 5.30. The Labute approximate surface area is 176 Å². The number of nitrogens with one attached hydrogen (secondary N) is 1. The number of hydrazine groups is 1. The number of nitrogen functional groups attached to an aromatic ring is 1. The van der Waals surface area contributed by atoms with Crippen LogP contribution < -0.4 is 20.7 Å². The van der Waals surface area contributed by atoms with Crippen LogP contribution in [0.5, 0.6) is 11.5 Å². The highest BCUT2D eigenvalue weighted by atomic mass is 16.5. The number of anilines is 1. The fourth-order valence-electron chi connectivity index (χ4n) is 3.71. The minimum Gasteiger partial charge on any atom is -0.497 e. The first-order valence-corrected chi connectivity index (χ1v) is 9.84. The van der Waals surface area contributed by atoms with Gasteiger partial charge in [0.15, 0.2) is 0 Å². The fraction of sp³-hybridized carbons (Fsp3) is 0.160. The number of methoxy groups -OCH3 is 2. The average molecular weight is 399 g/mol. The molecule has 0 aliphatic heterocycles. The Morgan fingerprint density at radius 2 is 1.27 bits per heavy atom. The molecule has 0 aliphatic carbocycles. The number of nitrogens with zero attached hydrogens (tertiary/aromatic N) is 1. The maximum Gasteiger partial charge on any atom is 0.144 e. The lowest BCUT2D eigenvalue weighted by atomic mass is 9.96. The Hall–Kier alpha value is -3.57. The highest BCUT2D eigenvalue weighted by molar-refractivity contribution is 5.91. The van der Waals surface area contributed by atoms with Gasteiger partial charge in [-0.1, -0.05) is 48.5 Å². The first-order chi connectivity index (χ1) is 14.7. The molecule has 3 N–H and O–H groups in total. The van der Waals surface area contributed by atoms with Crippen LogP contribution in [0.1, 0.15) is 22.4 Å². The van der Waals surface area contributed by atoms with E-state index in [0.29, 0.717) is 12.2 Å². The van der Waals surface area contributed by atoms with Gasteiger partial charge in [0.25, 0.3) is 0 Å². The average Bonchev–Trinajstić information content (AvgIpc) is 2.81. The summed E-state index contributed by atoms with van der Waals surface area (Å²) in [6.07, 6.45) is 1.43. The van der Waals surface area contributed by atoms with Crippen LogP contribution in [0.15, 0.2) is 72.8 Å².